The summed E-state index contributed by atoms with van der Waals surface area (Å²) in [5, 5.41) is 10.3. The van der Waals surface area contributed by atoms with Crippen LogP contribution in [0.3, 0.4) is 0 Å². The van der Waals surface area contributed by atoms with Gasteiger partial charge in [0.1, 0.15) is 0 Å². The summed E-state index contributed by atoms with van der Waals surface area (Å²) < 4.78 is 0. The van der Waals surface area contributed by atoms with E-state index in [4.69, 9.17) is 12.2 Å². The van der Waals surface area contributed by atoms with Crippen LogP contribution in [0.15, 0.2) is 34.6 Å². The molecule has 116 valence electrons. The molecule has 0 saturated heterocycles. The molecular weight excluding hydrogens is 284 g/mol. The quantitative estimate of drug-likeness (QED) is 0.870. The van der Waals surface area contributed by atoms with Crippen molar-refractivity contribution in [2.75, 3.05) is 37.2 Å². The number of benzene rings is 1. The molecular formula is C14H24N6S. The number of anilines is 2. The molecule has 1 heterocycles. The van der Waals surface area contributed by atoms with E-state index in [0.717, 1.165) is 23.0 Å². The molecule has 2 rings (SSSR count). The van der Waals surface area contributed by atoms with Gasteiger partial charge in [-0.1, -0.05) is 19.1 Å². The van der Waals surface area contributed by atoms with Crippen molar-refractivity contribution in [2.24, 2.45) is 10.3 Å². The van der Waals surface area contributed by atoms with E-state index in [1.165, 1.54) is 0 Å². The van der Waals surface area contributed by atoms with Crippen molar-refractivity contribution in [1.82, 2.24) is 10.4 Å². The van der Waals surface area contributed by atoms with Crippen molar-refractivity contribution in [3.05, 3.63) is 24.3 Å². The predicted molar refractivity (Wildman–Crippen MR) is 92.4 cm³/mol. The fourth-order valence-corrected chi connectivity index (χ4v) is 1.94. The number of nitrogens with zero attached hydrogens (tertiary/aromatic N) is 5. The Bertz CT molecular complexity index is 465. The maximum Gasteiger partial charge on any atom is 0.175 e. The van der Waals surface area contributed by atoms with Crippen LogP contribution in [0.4, 0.5) is 11.4 Å². The number of hydrogen-bond donors (Lipinski definition) is 1. The summed E-state index contributed by atoms with van der Waals surface area (Å²) in [5.74, 6) is 0. The van der Waals surface area contributed by atoms with Gasteiger partial charge in [0.2, 0.25) is 0 Å². The number of hydrazine groups is 1. The molecule has 0 spiro atoms. The maximum absolute atomic E-state index is 5.42. The standard InChI is InChI=1S/C12H18N6S.C2H6/c1-4-16(2)12(19)17(3)10-5-7-11(8-6-10)18-9-13-14-15-18;1-2/h5-8H,4,9H2,1-3H3,(H,13,15);1-2H3. The lowest BCUT2D eigenvalue weighted by Gasteiger charge is -2.27. The summed E-state index contributed by atoms with van der Waals surface area (Å²) in [6.07, 6.45) is 0. The van der Waals surface area contributed by atoms with Gasteiger partial charge in [0.25, 0.3) is 0 Å². The van der Waals surface area contributed by atoms with Crippen molar-refractivity contribution in [3.8, 4) is 0 Å². The van der Waals surface area contributed by atoms with Gasteiger partial charge in [-0.05, 0) is 43.4 Å². The molecule has 7 heteroatoms. The second kappa shape index (κ2) is 8.41. The molecule has 1 aliphatic rings. The minimum absolute atomic E-state index is 0.534. The van der Waals surface area contributed by atoms with Crippen LogP contribution < -0.4 is 15.4 Å². The van der Waals surface area contributed by atoms with E-state index in [1.807, 2.05) is 67.0 Å². The first-order valence-corrected chi connectivity index (χ1v) is 7.53. The monoisotopic (exact) mass is 308 g/mol. The fourth-order valence-electron chi connectivity index (χ4n) is 1.71. The van der Waals surface area contributed by atoms with Gasteiger partial charge in [-0.15, -0.1) is 5.11 Å². The zero-order chi connectivity index (χ0) is 15.8. The van der Waals surface area contributed by atoms with Crippen LogP contribution in [0.5, 0.6) is 0 Å². The summed E-state index contributed by atoms with van der Waals surface area (Å²) >= 11 is 5.42. The van der Waals surface area contributed by atoms with Gasteiger partial charge >= 0.3 is 0 Å². The fraction of sp³-hybridized carbons (Fsp3) is 0.500. The highest BCUT2D eigenvalue weighted by Crippen LogP contribution is 2.21. The average molecular weight is 308 g/mol. The topological polar surface area (TPSA) is 46.5 Å². The Balaban J connectivity index is 0.00000106. The van der Waals surface area contributed by atoms with Gasteiger partial charge < -0.3 is 9.80 Å². The first-order chi connectivity index (χ1) is 10.1. The lowest BCUT2D eigenvalue weighted by atomic mass is 10.2. The van der Waals surface area contributed by atoms with Crippen LogP contribution in [0, 0.1) is 0 Å². The normalized spacial score (nSPS) is 12.3. The Kier molecular flexibility index (Phi) is 6.87. The molecule has 0 bridgehead atoms. The van der Waals surface area contributed by atoms with E-state index >= 15 is 0 Å². The third kappa shape index (κ3) is 4.29. The van der Waals surface area contributed by atoms with Crippen molar-refractivity contribution >= 4 is 28.7 Å². The third-order valence-electron chi connectivity index (χ3n) is 3.08. The first-order valence-electron chi connectivity index (χ1n) is 7.12. The van der Waals surface area contributed by atoms with Crippen LogP contribution in [-0.2, 0) is 0 Å². The molecule has 6 nitrogen and oxygen atoms in total. The second-order valence-corrected chi connectivity index (χ2v) is 4.65. The number of nitrogens with one attached hydrogen (secondary N) is 1. The molecule has 0 atom stereocenters. The summed E-state index contributed by atoms with van der Waals surface area (Å²) in [6.45, 7) is 7.50. The Labute approximate surface area is 132 Å². The highest BCUT2D eigenvalue weighted by molar-refractivity contribution is 7.80. The summed E-state index contributed by atoms with van der Waals surface area (Å²) in [4.78, 5) is 4.03. The zero-order valence-corrected chi connectivity index (χ0v) is 14.2. The largest absolute Gasteiger partial charge is 0.352 e. The third-order valence-corrected chi connectivity index (χ3v) is 3.66. The van der Waals surface area contributed by atoms with Gasteiger partial charge in [0.05, 0.1) is 5.69 Å². The van der Waals surface area contributed by atoms with Crippen LogP contribution in [0.25, 0.3) is 0 Å². The molecule has 0 saturated carbocycles. The van der Waals surface area contributed by atoms with Crippen LogP contribution in [0.2, 0.25) is 0 Å². The van der Waals surface area contributed by atoms with Crippen molar-refractivity contribution in [2.45, 2.75) is 20.8 Å². The molecule has 0 fully saturated rings. The minimum atomic E-state index is 0.534. The van der Waals surface area contributed by atoms with Crippen molar-refractivity contribution in [1.29, 1.82) is 0 Å². The van der Waals surface area contributed by atoms with E-state index in [2.05, 4.69) is 22.8 Å². The maximum atomic E-state index is 5.42. The Morgan fingerprint density at radius 1 is 1.29 bits per heavy atom. The second-order valence-electron chi connectivity index (χ2n) is 4.28. The Morgan fingerprint density at radius 2 is 1.90 bits per heavy atom. The smallest absolute Gasteiger partial charge is 0.175 e. The van der Waals surface area contributed by atoms with Crippen LogP contribution in [-0.4, -0.2) is 37.3 Å². The number of thiocarbonyl (C=S) groups is 1. The average Bonchev–Trinajstić information content (AvgIpc) is 3.09. The molecule has 1 aromatic carbocycles. The highest BCUT2D eigenvalue weighted by Gasteiger charge is 2.12. The van der Waals surface area contributed by atoms with E-state index in [-0.39, 0.29) is 0 Å². The van der Waals surface area contributed by atoms with E-state index < -0.39 is 0 Å². The van der Waals surface area contributed by atoms with E-state index in [1.54, 1.807) is 0 Å². The van der Waals surface area contributed by atoms with Gasteiger partial charge in [0.15, 0.2) is 11.8 Å². The summed E-state index contributed by atoms with van der Waals surface area (Å²) in [6, 6.07) is 8.10. The molecule has 21 heavy (non-hydrogen) atoms. The van der Waals surface area contributed by atoms with Gasteiger partial charge in [0, 0.05) is 26.3 Å². The van der Waals surface area contributed by atoms with Gasteiger partial charge in [-0.2, -0.15) is 5.53 Å². The Hall–Kier alpha value is -1.89. The SMILES string of the molecule is CC.CCN(C)C(=S)N(C)c1ccc(N2CN=NN2)cc1. The summed E-state index contributed by atoms with van der Waals surface area (Å²) in [7, 11) is 3.96. The number of hydrogen-bond acceptors (Lipinski definition) is 5. The molecule has 0 unspecified atom stereocenters. The lowest BCUT2D eigenvalue weighted by Crippen LogP contribution is -2.38. The lowest BCUT2D eigenvalue weighted by molar-refractivity contribution is 0.536. The van der Waals surface area contributed by atoms with Gasteiger partial charge in [-0.25, -0.2) is 5.01 Å². The molecule has 1 N–H and O–H groups in total. The molecule has 1 aliphatic heterocycles. The zero-order valence-electron chi connectivity index (χ0n) is 13.4. The van der Waals surface area contributed by atoms with Crippen molar-refractivity contribution in [3.63, 3.8) is 0 Å². The summed E-state index contributed by atoms with van der Waals surface area (Å²) in [5.41, 5.74) is 4.90. The molecule has 0 amide bonds. The van der Waals surface area contributed by atoms with E-state index in [0.29, 0.717) is 6.67 Å². The van der Waals surface area contributed by atoms with E-state index in [9.17, 15) is 0 Å². The van der Waals surface area contributed by atoms with Crippen molar-refractivity contribution < 1.29 is 0 Å². The first kappa shape index (κ1) is 17.2. The minimum Gasteiger partial charge on any atom is -0.352 e. The molecule has 0 aromatic heterocycles. The van der Waals surface area contributed by atoms with Crippen LogP contribution >= 0.6 is 12.2 Å². The molecule has 0 aliphatic carbocycles. The van der Waals surface area contributed by atoms with Gasteiger partial charge in [-0.3, -0.25) is 0 Å². The molecule has 0 radical (unpaired) electrons. The van der Waals surface area contributed by atoms with Crippen LogP contribution in [0.1, 0.15) is 20.8 Å². The predicted octanol–water partition coefficient (Wildman–Crippen LogP) is 3.03. The number of rotatable bonds is 3. The Morgan fingerprint density at radius 3 is 2.38 bits per heavy atom. The highest BCUT2D eigenvalue weighted by atomic mass is 32.1. The molecule has 1 aromatic rings.